The van der Waals surface area contributed by atoms with Crippen LogP contribution in [-0.2, 0) is 15.8 Å². The molecule has 0 radical (unpaired) electrons. The fraction of sp³-hybridized carbons (Fsp3) is 0.321. The topological polar surface area (TPSA) is 85.0 Å². The average molecular weight is 459 g/mol. The van der Waals surface area contributed by atoms with Gasteiger partial charge in [-0.3, -0.25) is 10.1 Å². The third kappa shape index (κ3) is 3.94. The Kier molecular flexibility index (Phi) is 5.94. The Bertz CT molecular complexity index is 1190. The zero-order valence-corrected chi connectivity index (χ0v) is 20.1. The molecule has 0 bridgehead atoms. The van der Waals surface area contributed by atoms with Crippen LogP contribution in [0.3, 0.4) is 0 Å². The molecule has 0 aliphatic carbocycles. The number of nitro benzene ring substituents is 1. The van der Waals surface area contributed by atoms with E-state index in [-0.39, 0.29) is 34.9 Å². The molecule has 1 N–H and O–H groups in total. The maximum absolute atomic E-state index is 11.7. The van der Waals surface area contributed by atoms with E-state index in [0.29, 0.717) is 5.56 Å². The summed E-state index contributed by atoms with van der Waals surface area (Å²) in [7, 11) is 0. The number of aliphatic imine (C=N–C) groups is 1. The molecular formula is C28H30N2O4. The molecule has 0 aromatic heterocycles. The van der Waals surface area contributed by atoms with Crippen molar-refractivity contribution in [1.29, 1.82) is 0 Å². The van der Waals surface area contributed by atoms with Crippen LogP contribution in [0.5, 0.6) is 5.75 Å². The van der Waals surface area contributed by atoms with E-state index >= 15 is 0 Å². The quantitative estimate of drug-likeness (QED) is 0.357. The summed E-state index contributed by atoms with van der Waals surface area (Å²) in [6, 6.07) is 22.2. The van der Waals surface area contributed by atoms with E-state index in [9.17, 15) is 15.2 Å². The molecule has 3 aromatic carbocycles. The minimum absolute atomic E-state index is 0.0451. The van der Waals surface area contributed by atoms with Crippen molar-refractivity contribution in [3.8, 4) is 5.75 Å². The van der Waals surface area contributed by atoms with Gasteiger partial charge >= 0.3 is 0 Å². The Hall–Kier alpha value is -3.67. The van der Waals surface area contributed by atoms with Crippen molar-refractivity contribution in [2.75, 3.05) is 0 Å². The van der Waals surface area contributed by atoms with E-state index in [0.717, 1.165) is 11.1 Å². The molecule has 3 aromatic rings. The van der Waals surface area contributed by atoms with Gasteiger partial charge in [-0.25, -0.2) is 4.99 Å². The van der Waals surface area contributed by atoms with Gasteiger partial charge in [0.1, 0.15) is 11.8 Å². The average Bonchev–Trinajstić information content (AvgIpc) is 3.21. The number of hydrogen-bond acceptors (Lipinski definition) is 5. The lowest BCUT2D eigenvalue weighted by Crippen LogP contribution is -2.41. The van der Waals surface area contributed by atoms with Crippen molar-refractivity contribution in [2.45, 2.75) is 51.7 Å². The summed E-state index contributed by atoms with van der Waals surface area (Å²) < 4.78 is 6.73. The van der Waals surface area contributed by atoms with E-state index < -0.39 is 15.9 Å². The molecule has 0 amide bonds. The standard InChI is InChI=1S/C28H30N2O4/c1-18(2)25-28(19-12-8-6-9-13-19,20-14-10-7-11-15-20)34-26(29-25)22-16-21(30(32)33)17-23(24(22)31)27(3,4)5/h6-18,25,31H,1-5H3/t25-/m1/s1. The molecule has 6 nitrogen and oxygen atoms in total. The number of benzene rings is 3. The van der Waals surface area contributed by atoms with Gasteiger partial charge in [0.05, 0.1) is 10.5 Å². The molecule has 0 fully saturated rings. The van der Waals surface area contributed by atoms with E-state index in [4.69, 9.17) is 9.73 Å². The van der Waals surface area contributed by atoms with Crippen molar-refractivity contribution < 1.29 is 14.8 Å². The highest BCUT2D eigenvalue weighted by Crippen LogP contribution is 2.48. The normalized spacial score (nSPS) is 17.4. The van der Waals surface area contributed by atoms with Crippen molar-refractivity contribution in [3.63, 3.8) is 0 Å². The first kappa shape index (κ1) is 23.5. The summed E-state index contributed by atoms with van der Waals surface area (Å²) in [4.78, 5) is 16.3. The highest BCUT2D eigenvalue weighted by molar-refractivity contribution is 6.00. The Morgan fingerprint density at radius 3 is 1.97 bits per heavy atom. The van der Waals surface area contributed by atoms with E-state index in [2.05, 4.69) is 13.8 Å². The molecule has 0 spiro atoms. The van der Waals surface area contributed by atoms with E-state index in [1.807, 2.05) is 81.4 Å². The van der Waals surface area contributed by atoms with Crippen LogP contribution in [0.25, 0.3) is 0 Å². The van der Waals surface area contributed by atoms with Crippen LogP contribution < -0.4 is 0 Å². The maximum Gasteiger partial charge on any atom is 0.270 e. The largest absolute Gasteiger partial charge is 0.507 e. The van der Waals surface area contributed by atoms with Gasteiger partial charge in [-0.2, -0.15) is 0 Å². The zero-order valence-electron chi connectivity index (χ0n) is 20.1. The number of hydrogen-bond donors (Lipinski definition) is 1. The maximum atomic E-state index is 11.7. The van der Waals surface area contributed by atoms with Crippen LogP contribution in [0, 0.1) is 16.0 Å². The van der Waals surface area contributed by atoms with Gasteiger partial charge in [0.2, 0.25) is 5.90 Å². The van der Waals surface area contributed by atoms with Crippen molar-refractivity contribution in [2.24, 2.45) is 10.9 Å². The monoisotopic (exact) mass is 458 g/mol. The molecular weight excluding hydrogens is 428 g/mol. The predicted molar refractivity (Wildman–Crippen MR) is 133 cm³/mol. The van der Waals surface area contributed by atoms with Crippen LogP contribution in [0.4, 0.5) is 5.69 Å². The molecule has 0 unspecified atom stereocenters. The summed E-state index contributed by atoms with van der Waals surface area (Å²) in [5.41, 5.74) is 1.00. The number of ether oxygens (including phenoxy) is 1. The third-order valence-corrected chi connectivity index (χ3v) is 6.31. The fourth-order valence-electron chi connectivity index (χ4n) is 4.66. The number of aromatic hydroxyl groups is 1. The molecule has 176 valence electrons. The SMILES string of the molecule is CC(C)[C@H]1N=C(c2cc([N+](=O)[O-])cc(C(C)(C)C)c2O)OC1(c1ccccc1)c1ccccc1. The second-order valence-electron chi connectivity index (χ2n) is 10.1. The third-order valence-electron chi connectivity index (χ3n) is 6.31. The van der Waals surface area contributed by atoms with Crippen LogP contribution in [0.1, 0.15) is 56.9 Å². The van der Waals surface area contributed by atoms with Crippen molar-refractivity contribution in [1.82, 2.24) is 0 Å². The van der Waals surface area contributed by atoms with Gasteiger partial charge in [0.25, 0.3) is 5.69 Å². The molecule has 0 saturated carbocycles. The van der Waals surface area contributed by atoms with Crippen LogP contribution in [-0.4, -0.2) is 22.0 Å². The lowest BCUT2D eigenvalue weighted by atomic mass is 9.76. The number of rotatable bonds is 5. The zero-order chi connectivity index (χ0) is 24.7. The second kappa shape index (κ2) is 8.60. The highest BCUT2D eigenvalue weighted by atomic mass is 16.6. The van der Waals surface area contributed by atoms with Gasteiger partial charge in [0.15, 0.2) is 5.60 Å². The molecule has 1 atom stereocenters. The Labute approximate surface area is 200 Å². The van der Waals surface area contributed by atoms with Crippen molar-refractivity contribution >= 4 is 11.6 Å². The number of nitrogens with zero attached hydrogens (tertiary/aromatic N) is 2. The van der Waals surface area contributed by atoms with Gasteiger partial charge in [-0.05, 0) is 11.3 Å². The lowest BCUT2D eigenvalue weighted by molar-refractivity contribution is -0.385. The van der Waals surface area contributed by atoms with Crippen LogP contribution >= 0.6 is 0 Å². The van der Waals surface area contributed by atoms with Gasteiger partial charge in [-0.15, -0.1) is 0 Å². The fourth-order valence-corrected chi connectivity index (χ4v) is 4.66. The van der Waals surface area contributed by atoms with Crippen LogP contribution in [0.2, 0.25) is 0 Å². The second-order valence-corrected chi connectivity index (χ2v) is 10.1. The number of nitro groups is 1. The number of non-ortho nitro benzene ring substituents is 1. The summed E-state index contributed by atoms with van der Waals surface area (Å²) in [6.45, 7) is 9.87. The van der Waals surface area contributed by atoms with E-state index in [1.165, 1.54) is 12.1 Å². The minimum atomic E-state index is -0.940. The van der Waals surface area contributed by atoms with E-state index in [1.54, 1.807) is 0 Å². The highest BCUT2D eigenvalue weighted by Gasteiger charge is 2.51. The molecule has 1 aliphatic heterocycles. The summed E-state index contributed by atoms with van der Waals surface area (Å²) >= 11 is 0. The molecule has 1 aliphatic rings. The molecule has 34 heavy (non-hydrogen) atoms. The first-order chi connectivity index (χ1) is 16.1. The first-order valence-electron chi connectivity index (χ1n) is 11.5. The summed E-state index contributed by atoms with van der Waals surface area (Å²) in [6.07, 6.45) is 0. The first-order valence-corrected chi connectivity index (χ1v) is 11.5. The predicted octanol–water partition coefficient (Wildman–Crippen LogP) is 6.34. The van der Waals surface area contributed by atoms with Crippen LogP contribution in [0.15, 0.2) is 77.8 Å². The Morgan fingerprint density at radius 1 is 1.00 bits per heavy atom. The molecule has 6 heteroatoms. The van der Waals surface area contributed by atoms with Crippen molar-refractivity contribution in [3.05, 3.63) is 105 Å². The number of phenolic OH excluding ortho intramolecular Hbond substituents is 1. The van der Waals surface area contributed by atoms with Gasteiger partial charge in [0, 0.05) is 28.8 Å². The molecule has 1 heterocycles. The Balaban J connectivity index is 1.97. The smallest absolute Gasteiger partial charge is 0.270 e. The minimum Gasteiger partial charge on any atom is -0.507 e. The van der Waals surface area contributed by atoms with Gasteiger partial charge in [-0.1, -0.05) is 95.3 Å². The molecule has 0 saturated heterocycles. The number of phenols is 1. The lowest BCUT2D eigenvalue weighted by Gasteiger charge is -2.36. The van der Waals surface area contributed by atoms with Gasteiger partial charge < -0.3 is 9.84 Å². The molecule has 4 rings (SSSR count). The Morgan fingerprint density at radius 2 is 1.53 bits per heavy atom. The summed E-state index contributed by atoms with van der Waals surface area (Å²) in [5.74, 6) is 0.246. The summed E-state index contributed by atoms with van der Waals surface area (Å²) in [5, 5.41) is 23.0.